The minimum absolute atomic E-state index is 0.159. The number of amides is 2. The average Bonchev–Trinajstić information content (AvgIpc) is 2.54. The fraction of sp³-hybridized carbons (Fsp3) is 0.529. The summed E-state index contributed by atoms with van der Waals surface area (Å²) < 4.78 is 4.98. The van der Waals surface area contributed by atoms with Crippen LogP contribution in [0.2, 0.25) is 0 Å². The lowest BCUT2D eigenvalue weighted by Gasteiger charge is -2.34. The third-order valence-corrected chi connectivity index (χ3v) is 4.03. The van der Waals surface area contributed by atoms with Gasteiger partial charge in [-0.15, -0.1) is 0 Å². The van der Waals surface area contributed by atoms with Crippen LogP contribution in [0.4, 0.5) is 4.79 Å². The first-order valence-electron chi connectivity index (χ1n) is 7.85. The molecule has 0 radical (unpaired) electrons. The van der Waals surface area contributed by atoms with E-state index >= 15 is 0 Å². The van der Waals surface area contributed by atoms with E-state index in [1.165, 1.54) is 11.1 Å². The first-order valence-corrected chi connectivity index (χ1v) is 7.85. The predicted molar refractivity (Wildman–Crippen MR) is 84.7 cm³/mol. The van der Waals surface area contributed by atoms with Crippen molar-refractivity contribution < 1.29 is 14.3 Å². The molecule has 0 atom stereocenters. The molecule has 0 spiro atoms. The molecular formula is C17H24N2O3. The maximum Gasteiger partial charge on any atom is 0.409 e. The van der Waals surface area contributed by atoms with Gasteiger partial charge in [-0.3, -0.25) is 4.79 Å². The Balaban J connectivity index is 1.78. The number of benzene rings is 1. The minimum Gasteiger partial charge on any atom is -0.450 e. The average molecular weight is 304 g/mol. The number of rotatable bonds is 4. The van der Waals surface area contributed by atoms with Crippen molar-refractivity contribution in [3.8, 4) is 0 Å². The summed E-state index contributed by atoms with van der Waals surface area (Å²) in [4.78, 5) is 27.4. The number of hydrogen-bond acceptors (Lipinski definition) is 3. The van der Waals surface area contributed by atoms with E-state index in [2.05, 4.69) is 19.1 Å². The Kier molecular flexibility index (Phi) is 5.81. The lowest BCUT2D eigenvalue weighted by molar-refractivity contribution is -0.132. The summed E-state index contributed by atoms with van der Waals surface area (Å²) in [5.74, 6) is 0.159. The molecule has 22 heavy (non-hydrogen) atoms. The van der Waals surface area contributed by atoms with Crippen LogP contribution in [0.5, 0.6) is 0 Å². The lowest BCUT2D eigenvalue weighted by atomic mass is 10.0. The highest BCUT2D eigenvalue weighted by Gasteiger charge is 2.24. The molecule has 1 aliphatic rings. The molecule has 1 fully saturated rings. The van der Waals surface area contributed by atoms with Gasteiger partial charge in [0.1, 0.15) is 0 Å². The molecule has 0 N–H and O–H groups in total. The van der Waals surface area contributed by atoms with Gasteiger partial charge >= 0.3 is 6.09 Å². The highest BCUT2D eigenvalue weighted by atomic mass is 16.6. The van der Waals surface area contributed by atoms with Crippen molar-refractivity contribution in [1.82, 2.24) is 9.80 Å². The smallest absolute Gasteiger partial charge is 0.409 e. The van der Waals surface area contributed by atoms with Crippen LogP contribution in [0.1, 0.15) is 24.5 Å². The van der Waals surface area contributed by atoms with Gasteiger partial charge in [0.25, 0.3) is 0 Å². The summed E-state index contributed by atoms with van der Waals surface area (Å²) in [6.45, 7) is 6.52. The monoisotopic (exact) mass is 304 g/mol. The Morgan fingerprint density at radius 2 is 1.73 bits per heavy atom. The molecule has 0 bridgehead atoms. The molecule has 0 aromatic heterocycles. The standard InChI is InChI=1S/C17H24N2O3/c1-3-22-17(21)19-12-10-18(11-13-19)16(20)9-8-15-7-5-4-6-14(15)2/h4-7H,3,8-13H2,1-2H3. The van der Waals surface area contributed by atoms with Gasteiger partial charge in [0.15, 0.2) is 0 Å². The molecule has 0 saturated carbocycles. The van der Waals surface area contributed by atoms with Crippen LogP contribution in [-0.4, -0.2) is 54.6 Å². The third kappa shape index (κ3) is 4.23. The maximum absolute atomic E-state index is 12.3. The summed E-state index contributed by atoms with van der Waals surface area (Å²) in [5, 5.41) is 0. The molecule has 5 heteroatoms. The Bertz CT molecular complexity index is 522. The number of carbonyl (C=O) groups excluding carboxylic acids is 2. The van der Waals surface area contributed by atoms with Crippen molar-refractivity contribution in [2.45, 2.75) is 26.7 Å². The lowest BCUT2D eigenvalue weighted by Crippen LogP contribution is -2.50. The van der Waals surface area contributed by atoms with Gasteiger partial charge in [-0.1, -0.05) is 24.3 Å². The van der Waals surface area contributed by atoms with Gasteiger partial charge in [0.05, 0.1) is 6.61 Å². The topological polar surface area (TPSA) is 49.9 Å². The molecule has 5 nitrogen and oxygen atoms in total. The molecule has 1 heterocycles. The Labute approximate surface area is 131 Å². The van der Waals surface area contributed by atoms with Crippen LogP contribution in [0.25, 0.3) is 0 Å². The number of piperazine rings is 1. The SMILES string of the molecule is CCOC(=O)N1CCN(C(=O)CCc2ccccc2C)CC1. The largest absolute Gasteiger partial charge is 0.450 e. The first kappa shape index (κ1) is 16.3. The van der Waals surface area contributed by atoms with Crippen LogP contribution in [0.3, 0.4) is 0 Å². The Morgan fingerprint density at radius 3 is 2.36 bits per heavy atom. The van der Waals surface area contributed by atoms with Gasteiger partial charge < -0.3 is 14.5 Å². The zero-order valence-electron chi connectivity index (χ0n) is 13.4. The predicted octanol–water partition coefficient (Wildman–Crippen LogP) is 2.23. The van der Waals surface area contributed by atoms with Crippen molar-refractivity contribution in [1.29, 1.82) is 0 Å². The fourth-order valence-electron chi connectivity index (χ4n) is 2.64. The van der Waals surface area contributed by atoms with Crippen LogP contribution in [-0.2, 0) is 16.0 Å². The van der Waals surface area contributed by atoms with Crippen molar-refractivity contribution >= 4 is 12.0 Å². The number of hydrogen-bond donors (Lipinski definition) is 0. The second-order valence-corrected chi connectivity index (χ2v) is 5.49. The molecule has 1 aromatic carbocycles. The normalized spacial score (nSPS) is 14.8. The number of carbonyl (C=O) groups is 2. The second-order valence-electron chi connectivity index (χ2n) is 5.49. The Hall–Kier alpha value is -2.04. The molecule has 2 rings (SSSR count). The summed E-state index contributed by atoms with van der Waals surface area (Å²) >= 11 is 0. The van der Waals surface area contributed by atoms with E-state index in [0.29, 0.717) is 39.2 Å². The number of aryl methyl sites for hydroxylation is 2. The van der Waals surface area contributed by atoms with E-state index in [-0.39, 0.29) is 12.0 Å². The van der Waals surface area contributed by atoms with E-state index < -0.39 is 0 Å². The van der Waals surface area contributed by atoms with E-state index in [0.717, 1.165) is 6.42 Å². The fourth-order valence-corrected chi connectivity index (χ4v) is 2.64. The molecule has 1 saturated heterocycles. The van der Waals surface area contributed by atoms with Crippen molar-refractivity contribution in [3.05, 3.63) is 35.4 Å². The zero-order chi connectivity index (χ0) is 15.9. The molecule has 2 amide bonds. The van der Waals surface area contributed by atoms with E-state index in [4.69, 9.17) is 4.74 Å². The van der Waals surface area contributed by atoms with E-state index in [1.54, 1.807) is 11.8 Å². The number of nitrogens with zero attached hydrogens (tertiary/aromatic N) is 2. The Morgan fingerprint density at radius 1 is 1.09 bits per heavy atom. The second kappa shape index (κ2) is 7.82. The molecular weight excluding hydrogens is 280 g/mol. The van der Waals surface area contributed by atoms with Crippen LogP contribution >= 0.6 is 0 Å². The summed E-state index contributed by atoms with van der Waals surface area (Å²) in [6.07, 6.45) is 1.00. The minimum atomic E-state index is -0.283. The van der Waals surface area contributed by atoms with Gasteiger partial charge in [0.2, 0.25) is 5.91 Å². The van der Waals surface area contributed by atoms with Crippen molar-refractivity contribution in [3.63, 3.8) is 0 Å². The van der Waals surface area contributed by atoms with E-state index in [1.807, 2.05) is 17.0 Å². The molecule has 120 valence electrons. The highest BCUT2D eigenvalue weighted by Crippen LogP contribution is 2.12. The van der Waals surface area contributed by atoms with Gasteiger partial charge in [0, 0.05) is 32.6 Å². The molecule has 1 aliphatic heterocycles. The molecule has 0 unspecified atom stereocenters. The van der Waals surface area contributed by atoms with E-state index in [9.17, 15) is 9.59 Å². The van der Waals surface area contributed by atoms with Crippen molar-refractivity contribution in [2.75, 3.05) is 32.8 Å². The summed E-state index contributed by atoms with van der Waals surface area (Å²) in [5.41, 5.74) is 2.45. The van der Waals surface area contributed by atoms with Crippen LogP contribution < -0.4 is 0 Å². The molecule has 1 aromatic rings. The first-order chi connectivity index (χ1) is 10.6. The quantitative estimate of drug-likeness (QED) is 0.857. The zero-order valence-corrected chi connectivity index (χ0v) is 13.4. The third-order valence-electron chi connectivity index (χ3n) is 4.03. The molecule has 0 aliphatic carbocycles. The van der Waals surface area contributed by atoms with Gasteiger partial charge in [-0.2, -0.15) is 0 Å². The van der Waals surface area contributed by atoms with Gasteiger partial charge in [-0.25, -0.2) is 4.79 Å². The van der Waals surface area contributed by atoms with Crippen LogP contribution in [0.15, 0.2) is 24.3 Å². The summed E-state index contributed by atoms with van der Waals surface area (Å²) in [7, 11) is 0. The highest BCUT2D eigenvalue weighted by molar-refractivity contribution is 5.77. The van der Waals surface area contributed by atoms with Crippen LogP contribution in [0, 0.1) is 6.92 Å². The van der Waals surface area contributed by atoms with Crippen molar-refractivity contribution in [2.24, 2.45) is 0 Å². The van der Waals surface area contributed by atoms with Gasteiger partial charge in [-0.05, 0) is 31.4 Å². The number of ether oxygens (including phenoxy) is 1. The summed E-state index contributed by atoms with van der Waals surface area (Å²) in [6, 6.07) is 8.15. The maximum atomic E-state index is 12.3.